The molecule has 0 spiro atoms. The predicted octanol–water partition coefficient (Wildman–Crippen LogP) is 0.0262. The number of carboxylic acid groups (broad SMARTS) is 1. The number of carboxylic acids is 1. The van der Waals surface area contributed by atoms with E-state index in [1.54, 1.807) is 0 Å². The molecule has 2 rings (SSSR count). The van der Waals surface area contributed by atoms with Gasteiger partial charge in [-0.3, -0.25) is 14.4 Å². The summed E-state index contributed by atoms with van der Waals surface area (Å²) in [6.07, 6.45) is 3.86. The molecule has 0 aromatic carbocycles. The Morgan fingerprint density at radius 1 is 1.39 bits per heavy atom. The van der Waals surface area contributed by atoms with Gasteiger partial charge in [0.1, 0.15) is 6.04 Å². The lowest BCUT2D eigenvalue weighted by atomic mass is 9.86. The zero-order valence-corrected chi connectivity index (χ0v) is 10.2. The van der Waals surface area contributed by atoms with E-state index in [1.165, 1.54) is 0 Å². The molecule has 2 amide bonds. The van der Waals surface area contributed by atoms with E-state index < -0.39 is 17.4 Å². The first kappa shape index (κ1) is 12.9. The van der Waals surface area contributed by atoms with E-state index in [2.05, 4.69) is 10.6 Å². The van der Waals surface area contributed by atoms with Crippen LogP contribution in [0, 0.1) is 5.41 Å². The van der Waals surface area contributed by atoms with Crippen molar-refractivity contribution < 1.29 is 19.5 Å². The van der Waals surface area contributed by atoms with Crippen molar-refractivity contribution in [3.63, 3.8) is 0 Å². The van der Waals surface area contributed by atoms with Gasteiger partial charge in [0, 0.05) is 13.0 Å². The summed E-state index contributed by atoms with van der Waals surface area (Å²) in [7, 11) is 0. The third-order valence-electron chi connectivity index (χ3n) is 3.93. The van der Waals surface area contributed by atoms with Crippen LogP contribution in [-0.2, 0) is 14.4 Å². The van der Waals surface area contributed by atoms with Gasteiger partial charge in [0.15, 0.2) is 0 Å². The molecular formula is C12H18N2O4. The molecule has 1 heterocycles. The maximum absolute atomic E-state index is 11.8. The molecule has 1 saturated carbocycles. The van der Waals surface area contributed by atoms with Crippen molar-refractivity contribution >= 4 is 17.8 Å². The van der Waals surface area contributed by atoms with Gasteiger partial charge < -0.3 is 15.7 Å². The van der Waals surface area contributed by atoms with Crippen LogP contribution in [0.4, 0.5) is 0 Å². The second kappa shape index (κ2) is 4.96. The van der Waals surface area contributed by atoms with Crippen molar-refractivity contribution in [3.8, 4) is 0 Å². The molecule has 6 heteroatoms. The number of rotatable bonds is 4. The zero-order valence-electron chi connectivity index (χ0n) is 10.2. The number of hydrogen-bond acceptors (Lipinski definition) is 3. The van der Waals surface area contributed by atoms with Gasteiger partial charge in [-0.25, -0.2) is 0 Å². The number of aliphatic carboxylic acids is 1. The van der Waals surface area contributed by atoms with Gasteiger partial charge in [-0.1, -0.05) is 12.8 Å². The second-order valence-corrected chi connectivity index (χ2v) is 5.17. The van der Waals surface area contributed by atoms with Crippen LogP contribution in [0.2, 0.25) is 0 Å². The molecule has 1 aliphatic heterocycles. The predicted molar refractivity (Wildman–Crippen MR) is 62.7 cm³/mol. The Kier molecular flexibility index (Phi) is 3.54. The molecule has 0 aromatic heterocycles. The molecule has 1 aliphatic carbocycles. The van der Waals surface area contributed by atoms with Crippen molar-refractivity contribution in [2.75, 3.05) is 6.54 Å². The fraction of sp³-hybridized carbons (Fsp3) is 0.750. The molecule has 1 saturated heterocycles. The summed E-state index contributed by atoms with van der Waals surface area (Å²) in [5, 5.41) is 14.5. The van der Waals surface area contributed by atoms with E-state index in [0.29, 0.717) is 25.7 Å². The molecule has 2 fully saturated rings. The van der Waals surface area contributed by atoms with Gasteiger partial charge in [0.25, 0.3) is 0 Å². The third kappa shape index (κ3) is 2.47. The maximum atomic E-state index is 11.8. The summed E-state index contributed by atoms with van der Waals surface area (Å²) >= 11 is 0. The molecule has 1 atom stereocenters. The first-order valence-corrected chi connectivity index (χ1v) is 6.34. The Morgan fingerprint density at radius 2 is 2.06 bits per heavy atom. The van der Waals surface area contributed by atoms with Crippen molar-refractivity contribution in [2.24, 2.45) is 5.41 Å². The van der Waals surface area contributed by atoms with E-state index in [0.717, 1.165) is 12.8 Å². The van der Waals surface area contributed by atoms with E-state index in [9.17, 15) is 19.5 Å². The monoisotopic (exact) mass is 254 g/mol. The Balaban J connectivity index is 1.88. The first-order valence-electron chi connectivity index (χ1n) is 6.34. The number of amides is 2. The number of carbonyl (C=O) groups is 3. The van der Waals surface area contributed by atoms with Crippen molar-refractivity contribution in [1.82, 2.24) is 10.6 Å². The van der Waals surface area contributed by atoms with E-state index in [1.807, 2.05) is 0 Å². The third-order valence-corrected chi connectivity index (χ3v) is 3.93. The van der Waals surface area contributed by atoms with Crippen molar-refractivity contribution in [3.05, 3.63) is 0 Å². The van der Waals surface area contributed by atoms with Crippen LogP contribution < -0.4 is 10.6 Å². The van der Waals surface area contributed by atoms with Crippen LogP contribution in [0.1, 0.15) is 38.5 Å². The highest BCUT2D eigenvalue weighted by molar-refractivity contribution is 5.91. The Morgan fingerprint density at radius 3 is 2.56 bits per heavy atom. The van der Waals surface area contributed by atoms with Crippen LogP contribution in [0.5, 0.6) is 0 Å². The standard InChI is InChI=1S/C12H18N2O4/c15-9-4-3-8(14-9)10(16)13-7-12(11(17)18)5-1-2-6-12/h8H,1-7H2,(H,13,16)(H,14,15)(H,17,18)/t8-/m0/s1. The highest BCUT2D eigenvalue weighted by Gasteiger charge is 2.42. The minimum absolute atomic E-state index is 0.121. The van der Waals surface area contributed by atoms with E-state index in [4.69, 9.17) is 0 Å². The molecule has 3 N–H and O–H groups in total. The summed E-state index contributed by atoms with van der Waals surface area (Å²) < 4.78 is 0. The molecular weight excluding hydrogens is 236 g/mol. The summed E-state index contributed by atoms with van der Waals surface area (Å²) in [5.74, 6) is -1.23. The van der Waals surface area contributed by atoms with Crippen LogP contribution >= 0.6 is 0 Å². The summed E-state index contributed by atoms with van der Waals surface area (Å²) in [5.41, 5.74) is -0.807. The number of carbonyl (C=O) groups excluding carboxylic acids is 2. The van der Waals surface area contributed by atoms with Gasteiger partial charge >= 0.3 is 5.97 Å². The Labute approximate surface area is 105 Å². The Bertz CT molecular complexity index is 374. The summed E-state index contributed by atoms with van der Waals surface area (Å²) in [6, 6.07) is -0.496. The maximum Gasteiger partial charge on any atom is 0.311 e. The average Bonchev–Trinajstić information content (AvgIpc) is 2.95. The second-order valence-electron chi connectivity index (χ2n) is 5.17. The molecule has 2 aliphatic rings. The van der Waals surface area contributed by atoms with Crippen molar-refractivity contribution in [1.29, 1.82) is 0 Å². The fourth-order valence-electron chi connectivity index (χ4n) is 2.71. The molecule has 18 heavy (non-hydrogen) atoms. The van der Waals surface area contributed by atoms with Crippen LogP contribution in [0.25, 0.3) is 0 Å². The fourth-order valence-corrected chi connectivity index (χ4v) is 2.71. The topological polar surface area (TPSA) is 95.5 Å². The smallest absolute Gasteiger partial charge is 0.311 e. The summed E-state index contributed by atoms with van der Waals surface area (Å²) in [4.78, 5) is 34.1. The lowest BCUT2D eigenvalue weighted by Crippen LogP contribution is -2.47. The molecule has 0 bridgehead atoms. The van der Waals surface area contributed by atoms with Gasteiger partial charge in [-0.2, -0.15) is 0 Å². The SMILES string of the molecule is O=C1CC[C@@H](C(=O)NCC2(C(=O)O)CCCC2)N1. The van der Waals surface area contributed by atoms with Gasteiger partial charge in [-0.15, -0.1) is 0 Å². The minimum Gasteiger partial charge on any atom is -0.481 e. The highest BCUT2D eigenvalue weighted by atomic mass is 16.4. The lowest BCUT2D eigenvalue weighted by molar-refractivity contribution is -0.148. The van der Waals surface area contributed by atoms with Crippen LogP contribution in [0.3, 0.4) is 0 Å². The molecule has 0 radical (unpaired) electrons. The Hall–Kier alpha value is -1.59. The number of hydrogen-bond donors (Lipinski definition) is 3. The first-order chi connectivity index (χ1) is 8.53. The molecule has 0 aromatic rings. The summed E-state index contributed by atoms with van der Waals surface area (Å²) in [6.45, 7) is 0.160. The average molecular weight is 254 g/mol. The van der Waals surface area contributed by atoms with Crippen molar-refractivity contribution in [2.45, 2.75) is 44.6 Å². The van der Waals surface area contributed by atoms with E-state index >= 15 is 0 Å². The highest BCUT2D eigenvalue weighted by Crippen LogP contribution is 2.37. The quantitative estimate of drug-likeness (QED) is 0.659. The molecule has 6 nitrogen and oxygen atoms in total. The van der Waals surface area contributed by atoms with Gasteiger partial charge in [0.2, 0.25) is 11.8 Å². The van der Waals surface area contributed by atoms with Crippen LogP contribution in [0.15, 0.2) is 0 Å². The van der Waals surface area contributed by atoms with Crippen LogP contribution in [-0.4, -0.2) is 35.5 Å². The zero-order chi connectivity index (χ0) is 13.2. The molecule has 100 valence electrons. The molecule has 0 unspecified atom stereocenters. The van der Waals surface area contributed by atoms with Gasteiger partial charge in [-0.05, 0) is 19.3 Å². The number of nitrogens with one attached hydrogen (secondary N) is 2. The lowest BCUT2D eigenvalue weighted by Gasteiger charge is -2.24. The largest absolute Gasteiger partial charge is 0.481 e. The normalized spacial score (nSPS) is 25.8. The van der Waals surface area contributed by atoms with E-state index in [-0.39, 0.29) is 18.4 Å². The van der Waals surface area contributed by atoms with Gasteiger partial charge in [0.05, 0.1) is 5.41 Å². The minimum atomic E-state index is -0.837.